The molecule has 0 aliphatic heterocycles. The predicted octanol–water partition coefficient (Wildman–Crippen LogP) is 3.01. The highest BCUT2D eigenvalue weighted by Gasteiger charge is 2.10. The van der Waals surface area contributed by atoms with Crippen LogP contribution in [-0.4, -0.2) is 17.0 Å². The molecule has 1 aromatic heterocycles. The van der Waals surface area contributed by atoms with Crippen LogP contribution in [0.1, 0.15) is 21.5 Å². The number of hydrogen-bond donors (Lipinski definition) is 3. The molecule has 3 aromatic rings. The van der Waals surface area contributed by atoms with E-state index in [4.69, 9.17) is 15.5 Å². The Hall–Kier alpha value is -3.91. The van der Waals surface area contributed by atoms with Crippen molar-refractivity contribution in [3.63, 3.8) is 0 Å². The Morgan fingerprint density at radius 3 is 2.48 bits per heavy atom. The van der Waals surface area contributed by atoms with Crippen molar-refractivity contribution in [2.75, 3.05) is 5.32 Å². The van der Waals surface area contributed by atoms with Crippen LogP contribution in [0, 0.1) is 0 Å². The first-order chi connectivity index (χ1) is 14.2. The number of rotatable bonds is 7. The van der Waals surface area contributed by atoms with E-state index in [9.17, 15) is 9.59 Å². The minimum Gasteiger partial charge on any atom is -0.445 e. The summed E-state index contributed by atoms with van der Waals surface area (Å²) in [4.78, 5) is 32.9. The number of nitrogens with two attached hydrogens (primary N) is 1. The van der Waals surface area contributed by atoms with Gasteiger partial charge >= 0.3 is 6.09 Å². The lowest BCUT2D eigenvalue weighted by Crippen LogP contribution is -2.23. The summed E-state index contributed by atoms with van der Waals surface area (Å²) in [5, 5.41) is 5.40. The Kier molecular flexibility index (Phi) is 6.75. The molecular weight excluding hydrogens is 372 g/mol. The minimum absolute atomic E-state index is 0.146. The maximum atomic E-state index is 12.4. The van der Waals surface area contributed by atoms with E-state index in [2.05, 4.69) is 15.6 Å². The number of carbonyl (C=O) groups is 2. The van der Waals surface area contributed by atoms with Crippen LogP contribution in [0.3, 0.4) is 0 Å². The number of benzene rings is 2. The van der Waals surface area contributed by atoms with E-state index in [1.807, 2.05) is 6.07 Å². The van der Waals surface area contributed by atoms with Gasteiger partial charge in [-0.15, -0.1) is 0 Å². The summed E-state index contributed by atoms with van der Waals surface area (Å²) in [7, 11) is 0. The number of aromatic nitrogens is 1. The molecule has 29 heavy (non-hydrogen) atoms. The van der Waals surface area contributed by atoms with Gasteiger partial charge in [-0.3, -0.25) is 9.78 Å². The maximum absolute atomic E-state index is 12.4. The summed E-state index contributed by atoms with van der Waals surface area (Å²) >= 11 is 0. The predicted molar refractivity (Wildman–Crippen MR) is 107 cm³/mol. The molecule has 0 radical (unpaired) electrons. The second-order valence-electron chi connectivity index (χ2n) is 6.06. The number of carbonyl (C=O) groups excluding carboxylic acids is 2. The molecule has 2 aromatic carbocycles. The van der Waals surface area contributed by atoms with Crippen LogP contribution >= 0.6 is 0 Å². The fourth-order valence-corrected chi connectivity index (χ4v) is 2.50. The standard InChI is InChI=1S/C21H20N4O4/c22-29-19-6-2-1-5-18(19)25-20(26)17-9-7-15(8-10-17)13-24-21(27)28-14-16-4-3-11-23-12-16/h1-12H,13-14,22H2,(H,24,27)(H,25,26). The molecule has 0 saturated carbocycles. The third-order valence-electron chi connectivity index (χ3n) is 4.01. The molecule has 4 N–H and O–H groups in total. The molecule has 8 heteroatoms. The summed E-state index contributed by atoms with van der Waals surface area (Å²) in [6, 6.07) is 17.3. The molecule has 0 bridgehead atoms. The van der Waals surface area contributed by atoms with E-state index in [1.165, 1.54) is 0 Å². The molecule has 0 spiro atoms. The Balaban J connectivity index is 1.49. The van der Waals surface area contributed by atoms with Crippen molar-refractivity contribution in [3.05, 3.63) is 89.7 Å². The number of nitrogens with one attached hydrogen (secondary N) is 2. The third kappa shape index (κ3) is 5.78. The first-order valence-corrected chi connectivity index (χ1v) is 8.81. The van der Waals surface area contributed by atoms with Gasteiger partial charge in [-0.1, -0.05) is 30.3 Å². The average molecular weight is 392 g/mol. The molecule has 0 saturated heterocycles. The largest absolute Gasteiger partial charge is 0.445 e. The van der Waals surface area contributed by atoms with Crippen molar-refractivity contribution >= 4 is 17.7 Å². The molecule has 0 unspecified atom stereocenters. The number of nitrogens with zero attached hydrogens (tertiary/aromatic N) is 1. The summed E-state index contributed by atoms with van der Waals surface area (Å²) in [6.45, 7) is 0.421. The molecular formula is C21H20N4O4. The van der Waals surface area contributed by atoms with Gasteiger partial charge in [0.2, 0.25) is 0 Å². The van der Waals surface area contributed by atoms with Crippen LogP contribution in [0.5, 0.6) is 5.75 Å². The van der Waals surface area contributed by atoms with Crippen LogP contribution in [0.25, 0.3) is 0 Å². The molecule has 0 fully saturated rings. The number of ether oxygens (including phenoxy) is 1. The lowest BCUT2D eigenvalue weighted by atomic mass is 10.1. The van der Waals surface area contributed by atoms with Crippen molar-refractivity contribution in [1.82, 2.24) is 10.3 Å². The Morgan fingerprint density at radius 1 is 0.966 bits per heavy atom. The van der Waals surface area contributed by atoms with E-state index >= 15 is 0 Å². The van der Waals surface area contributed by atoms with Crippen LogP contribution in [0.4, 0.5) is 10.5 Å². The van der Waals surface area contributed by atoms with Gasteiger partial charge in [-0.2, -0.15) is 5.90 Å². The summed E-state index contributed by atoms with van der Waals surface area (Å²) in [5.74, 6) is 5.26. The van der Waals surface area contributed by atoms with Crippen molar-refractivity contribution in [3.8, 4) is 5.75 Å². The highest BCUT2D eigenvalue weighted by atomic mass is 16.6. The number of pyridine rings is 1. The monoisotopic (exact) mass is 392 g/mol. The summed E-state index contributed by atoms with van der Waals surface area (Å²) in [5.41, 5.74) is 2.56. The lowest BCUT2D eigenvalue weighted by Gasteiger charge is -2.10. The summed E-state index contributed by atoms with van der Waals surface area (Å²) < 4.78 is 5.12. The van der Waals surface area contributed by atoms with E-state index in [1.54, 1.807) is 67.0 Å². The maximum Gasteiger partial charge on any atom is 0.407 e. The van der Waals surface area contributed by atoms with Crippen LogP contribution < -0.4 is 21.4 Å². The topological polar surface area (TPSA) is 116 Å². The SMILES string of the molecule is NOc1ccccc1NC(=O)c1ccc(CNC(=O)OCc2cccnc2)cc1. The zero-order valence-corrected chi connectivity index (χ0v) is 15.5. The third-order valence-corrected chi connectivity index (χ3v) is 4.01. The smallest absolute Gasteiger partial charge is 0.407 e. The van der Waals surface area contributed by atoms with Gasteiger partial charge in [0.25, 0.3) is 5.91 Å². The highest BCUT2D eigenvalue weighted by Crippen LogP contribution is 2.23. The molecule has 0 aliphatic carbocycles. The van der Waals surface area contributed by atoms with Crippen molar-refractivity contribution in [1.29, 1.82) is 0 Å². The quantitative estimate of drug-likeness (QED) is 0.532. The molecule has 1 heterocycles. The van der Waals surface area contributed by atoms with Crippen molar-refractivity contribution in [2.45, 2.75) is 13.2 Å². The van der Waals surface area contributed by atoms with Crippen LogP contribution in [0.2, 0.25) is 0 Å². The van der Waals surface area contributed by atoms with E-state index in [0.29, 0.717) is 17.0 Å². The Labute approximate surface area is 167 Å². The fraction of sp³-hybridized carbons (Fsp3) is 0.0952. The lowest BCUT2D eigenvalue weighted by molar-refractivity contribution is 0.102. The normalized spacial score (nSPS) is 10.1. The van der Waals surface area contributed by atoms with Crippen LogP contribution in [0.15, 0.2) is 73.1 Å². The minimum atomic E-state index is -0.533. The molecule has 148 valence electrons. The number of hydrogen-bond acceptors (Lipinski definition) is 6. The number of anilines is 1. The zero-order valence-electron chi connectivity index (χ0n) is 15.5. The first kappa shape index (κ1) is 19.8. The highest BCUT2D eigenvalue weighted by molar-refractivity contribution is 6.05. The molecule has 2 amide bonds. The van der Waals surface area contributed by atoms with Gasteiger partial charge in [0.15, 0.2) is 5.75 Å². The second-order valence-corrected chi connectivity index (χ2v) is 6.06. The van der Waals surface area contributed by atoms with E-state index in [-0.39, 0.29) is 19.1 Å². The van der Waals surface area contributed by atoms with Crippen molar-refractivity contribution < 1.29 is 19.2 Å². The molecule has 8 nitrogen and oxygen atoms in total. The Bertz CT molecular complexity index is 962. The van der Waals surface area contributed by atoms with Gasteiger partial charge in [0.05, 0.1) is 5.69 Å². The van der Waals surface area contributed by atoms with Gasteiger partial charge in [-0.05, 0) is 35.9 Å². The van der Waals surface area contributed by atoms with Gasteiger partial charge < -0.3 is 20.2 Å². The van der Waals surface area contributed by atoms with E-state index in [0.717, 1.165) is 11.1 Å². The zero-order chi connectivity index (χ0) is 20.5. The Morgan fingerprint density at radius 2 is 1.76 bits per heavy atom. The number of alkyl carbamates (subject to hydrolysis) is 1. The van der Waals surface area contributed by atoms with Gasteiger partial charge in [-0.25, -0.2) is 4.79 Å². The van der Waals surface area contributed by atoms with E-state index < -0.39 is 6.09 Å². The van der Waals surface area contributed by atoms with Crippen molar-refractivity contribution in [2.24, 2.45) is 5.90 Å². The molecule has 3 rings (SSSR count). The molecule has 0 atom stereocenters. The summed E-state index contributed by atoms with van der Waals surface area (Å²) in [6.07, 6.45) is 2.75. The first-order valence-electron chi connectivity index (χ1n) is 8.81. The fourth-order valence-electron chi connectivity index (χ4n) is 2.50. The van der Waals surface area contributed by atoms with Crippen LogP contribution in [-0.2, 0) is 17.9 Å². The second kappa shape index (κ2) is 9.86. The number of para-hydroxylation sites is 2. The van der Waals surface area contributed by atoms with Gasteiger partial charge in [0.1, 0.15) is 6.61 Å². The number of amides is 2. The molecule has 0 aliphatic rings. The average Bonchev–Trinajstić information content (AvgIpc) is 2.77. The van der Waals surface area contributed by atoms with Gasteiger partial charge in [0, 0.05) is 30.1 Å².